The van der Waals surface area contributed by atoms with Gasteiger partial charge in [-0.25, -0.2) is 0 Å². The van der Waals surface area contributed by atoms with Gasteiger partial charge in [0.25, 0.3) is 0 Å². The van der Waals surface area contributed by atoms with E-state index in [1.54, 1.807) is 11.0 Å². The number of carbonyl (C=O) groups excluding carboxylic acids is 3. The zero-order valence-electron chi connectivity index (χ0n) is 21.7. The zero-order valence-corrected chi connectivity index (χ0v) is 24.0. The van der Waals surface area contributed by atoms with Crippen molar-refractivity contribution in [3.05, 3.63) is 39.2 Å². The number of hydrogen-bond donors (Lipinski definition) is 3. The third-order valence-corrected chi connectivity index (χ3v) is 8.18. The first-order valence-electron chi connectivity index (χ1n) is 12.4. The van der Waals surface area contributed by atoms with E-state index in [1.165, 1.54) is 17.4 Å². The van der Waals surface area contributed by atoms with Crippen LogP contribution in [0, 0.1) is 11.3 Å². The van der Waals surface area contributed by atoms with E-state index in [1.807, 2.05) is 38.3 Å². The van der Waals surface area contributed by atoms with Crippen LogP contribution >= 0.6 is 34.5 Å². The highest BCUT2D eigenvalue weighted by molar-refractivity contribution is 7.18. The van der Waals surface area contributed by atoms with Crippen LogP contribution in [0.15, 0.2) is 23.6 Å². The van der Waals surface area contributed by atoms with Crippen molar-refractivity contribution in [1.82, 2.24) is 15.5 Å². The lowest BCUT2D eigenvalue weighted by Gasteiger charge is -2.32. The third-order valence-electron chi connectivity index (χ3n) is 6.24. The van der Waals surface area contributed by atoms with Gasteiger partial charge in [-0.15, -0.1) is 11.3 Å². The third kappa shape index (κ3) is 8.44. The maximum Gasteiger partial charge on any atom is 0.304 e. The molecule has 2 heterocycles. The van der Waals surface area contributed by atoms with E-state index in [-0.39, 0.29) is 42.7 Å². The fraction of sp³-hybridized carbons (Fsp3) is 0.481. The number of nitrogens with one attached hydrogen (secondary N) is 2. The Morgan fingerprint density at radius 2 is 1.87 bits per heavy atom. The summed E-state index contributed by atoms with van der Waals surface area (Å²) in [4.78, 5) is 50.7. The molecule has 1 atom stereocenters. The summed E-state index contributed by atoms with van der Waals surface area (Å²) in [6, 6.07) is 3.65. The van der Waals surface area contributed by atoms with E-state index in [9.17, 15) is 24.3 Å². The number of carboxylic acids is 1. The van der Waals surface area contributed by atoms with Gasteiger partial charge in [0.05, 0.1) is 27.1 Å². The molecule has 0 spiro atoms. The molecule has 11 heteroatoms. The maximum absolute atomic E-state index is 12.8. The van der Waals surface area contributed by atoms with E-state index in [2.05, 4.69) is 10.6 Å². The summed E-state index contributed by atoms with van der Waals surface area (Å²) in [6.07, 6.45) is 4.10. The Hall–Kier alpha value is -2.62. The predicted molar refractivity (Wildman–Crippen MR) is 151 cm³/mol. The number of nitrogens with zero attached hydrogens (tertiary/aromatic N) is 1. The summed E-state index contributed by atoms with van der Waals surface area (Å²) in [5.74, 6) is -2.79. The van der Waals surface area contributed by atoms with E-state index < -0.39 is 17.8 Å². The van der Waals surface area contributed by atoms with Crippen LogP contribution in [0.25, 0.3) is 16.2 Å². The number of piperidine rings is 1. The smallest absolute Gasteiger partial charge is 0.304 e. The van der Waals surface area contributed by atoms with Gasteiger partial charge in [0, 0.05) is 38.2 Å². The summed E-state index contributed by atoms with van der Waals surface area (Å²) >= 11 is 14.3. The Kier molecular flexibility index (Phi) is 10.2. The SMILES string of the molecule is CC(C)(C)CC(=O)NCC(CC(=O)O)C(=O)NC1CCN(C(=O)/C=C/c2cc3ccsc3c(Cl)c2Cl)CC1. The van der Waals surface area contributed by atoms with Gasteiger partial charge >= 0.3 is 5.97 Å². The highest BCUT2D eigenvalue weighted by atomic mass is 35.5. The first kappa shape index (κ1) is 29.9. The summed E-state index contributed by atoms with van der Waals surface area (Å²) < 4.78 is 0.905. The van der Waals surface area contributed by atoms with Crippen LogP contribution < -0.4 is 10.6 Å². The Morgan fingerprint density at radius 1 is 1.18 bits per heavy atom. The van der Waals surface area contributed by atoms with Crippen LogP contribution in [-0.2, 0) is 19.2 Å². The lowest BCUT2D eigenvalue weighted by Crippen LogP contribution is -2.49. The quantitative estimate of drug-likeness (QED) is 0.361. The molecule has 0 bridgehead atoms. The van der Waals surface area contributed by atoms with E-state index in [0.29, 0.717) is 41.5 Å². The number of likely N-dealkylation sites (tertiary alicyclic amines) is 1. The molecule has 1 saturated heterocycles. The fourth-order valence-electron chi connectivity index (χ4n) is 4.27. The van der Waals surface area contributed by atoms with Crippen molar-refractivity contribution in [3.8, 4) is 0 Å². The molecule has 3 N–H and O–H groups in total. The maximum atomic E-state index is 12.8. The molecule has 206 valence electrons. The number of thiophene rings is 1. The molecule has 1 aliphatic rings. The van der Waals surface area contributed by atoms with Gasteiger partial charge in [0.1, 0.15) is 0 Å². The minimum atomic E-state index is -1.11. The molecule has 3 rings (SSSR count). The molecule has 1 aromatic heterocycles. The molecule has 3 amide bonds. The number of carboxylic acid groups (broad SMARTS) is 1. The molecule has 8 nitrogen and oxygen atoms in total. The van der Waals surface area contributed by atoms with Crippen LogP contribution in [0.1, 0.15) is 52.0 Å². The van der Waals surface area contributed by atoms with Gasteiger partial charge in [0.15, 0.2) is 0 Å². The number of amides is 3. The second-order valence-corrected chi connectivity index (χ2v) is 12.4. The van der Waals surface area contributed by atoms with Crippen LogP contribution in [0.5, 0.6) is 0 Å². The number of halogens is 2. The molecule has 1 aliphatic heterocycles. The monoisotopic (exact) mass is 581 g/mol. The standard InChI is InChI=1S/C27H33Cl2N3O5S/c1-27(2,3)14-20(33)30-15-18(13-22(35)36)26(37)31-19-6-9-32(10-7-19)21(34)5-4-16-12-17-8-11-38-25(17)24(29)23(16)28/h4-5,8,11-12,18-19H,6-7,9-10,13-15H2,1-3H3,(H,30,33)(H,31,37)(H,35,36)/b5-4+. The number of fused-ring (bicyclic) bond motifs is 1. The van der Waals surface area contributed by atoms with Gasteiger partial charge in [-0.05, 0) is 52.8 Å². The minimum Gasteiger partial charge on any atom is -0.481 e. The molecule has 0 radical (unpaired) electrons. The van der Waals surface area contributed by atoms with Crippen molar-refractivity contribution in [1.29, 1.82) is 0 Å². The zero-order chi connectivity index (χ0) is 28.0. The molecular formula is C27H33Cl2N3O5S. The average molecular weight is 583 g/mol. The summed E-state index contributed by atoms with van der Waals surface area (Å²) in [5.41, 5.74) is 0.448. The van der Waals surface area contributed by atoms with Gasteiger partial charge < -0.3 is 20.6 Å². The van der Waals surface area contributed by atoms with E-state index >= 15 is 0 Å². The summed E-state index contributed by atoms with van der Waals surface area (Å²) in [7, 11) is 0. The Morgan fingerprint density at radius 3 is 2.50 bits per heavy atom. The number of rotatable bonds is 9. The first-order valence-corrected chi connectivity index (χ1v) is 14.1. The Bertz CT molecular complexity index is 1230. The lowest BCUT2D eigenvalue weighted by atomic mass is 9.92. The second kappa shape index (κ2) is 13.0. The summed E-state index contributed by atoms with van der Waals surface area (Å²) in [6.45, 7) is 6.62. The topological polar surface area (TPSA) is 116 Å². The van der Waals surface area contributed by atoms with Crippen molar-refractivity contribution in [3.63, 3.8) is 0 Å². The normalized spacial score (nSPS) is 15.6. The van der Waals surface area contributed by atoms with E-state index in [4.69, 9.17) is 23.2 Å². The molecule has 1 unspecified atom stereocenters. The van der Waals surface area contributed by atoms with Gasteiger partial charge in [-0.3, -0.25) is 19.2 Å². The molecule has 1 fully saturated rings. The molecule has 38 heavy (non-hydrogen) atoms. The highest BCUT2D eigenvalue weighted by Gasteiger charge is 2.28. The van der Waals surface area contributed by atoms with Crippen molar-refractivity contribution in [2.45, 2.75) is 52.5 Å². The predicted octanol–water partition coefficient (Wildman–Crippen LogP) is 4.97. The van der Waals surface area contributed by atoms with Gasteiger partial charge in [0.2, 0.25) is 17.7 Å². The number of hydrogen-bond acceptors (Lipinski definition) is 5. The first-order chi connectivity index (χ1) is 17.8. The molecule has 2 aromatic rings. The van der Waals surface area contributed by atoms with E-state index in [0.717, 1.165) is 10.1 Å². The van der Waals surface area contributed by atoms with Gasteiger partial charge in [-0.2, -0.15) is 0 Å². The lowest BCUT2D eigenvalue weighted by molar-refractivity contribution is -0.141. The van der Waals surface area contributed by atoms with Crippen LogP contribution in [0.3, 0.4) is 0 Å². The molecular weight excluding hydrogens is 549 g/mol. The number of carbonyl (C=O) groups is 4. The number of aliphatic carboxylic acids is 1. The van der Waals surface area contributed by atoms with Crippen LogP contribution in [0.2, 0.25) is 10.0 Å². The van der Waals surface area contributed by atoms with Gasteiger partial charge in [-0.1, -0.05) is 44.0 Å². The molecule has 0 saturated carbocycles. The van der Waals surface area contributed by atoms with Crippen molar-refractivity contribution in [2.75, 3.05) is 19.6 Å². The summed E-state index contributed by atoms with van der Waals surface area (Å²) in [5, 5.41) is 18.6. The molecule has 0 aliphatic carbocycles. The largest absolute Gasteiger partial charge is 0.481 e. The second-order valence-electron chi connectivity index (χ2n) is 10.7. The van der Waals surface area contributed by atoms with Crippen LogP contribution in [-0.4, -0.2) is 59.4 Å². The number of benzene rings is 1. The fourth-order valence-corrected chi connectivity index (χ4v) is 5.71. The van der Waals surface area contributed by atoms with Crippen molar-refractivity contribution < 1.29 is 24.3 Å². The average Bonchev–Trinajstić information content (AvgIpc) is 3.30. The Balaban J connectivity index is 1.52. The van der Waals surface area contributed by atoms with Crippen LogP contribution in [0.4, 0.5) is 0 Å². The van der Waals surface area contributed by atoms with Crippen molar-refractivity contribution in [2.24, 2.45) is 11.3 Å². The van der Waals surface area contributed by atoms with Crippen molar-refractivity contribution >= 4 is 74.4 Å². The highest BCUT2D eigenvalue weighted by Crippen LogP contribution is 2.37. The minimum absolute atomic E-state index is 0.0427. The molecule has 1 aromatic carbocycles. The Labute approximate surface area is 236 Å².